The predicted octanol–water partition coefficient (Wildman–Crippen LogP) is 13.8. The van der Waals surface area contributed by atoms with E-state index in [9.17, 15) is 0 Å². The molecule has 8 rings (SSSR count). The molecule has 8 aromatic rings. The molecule has 0 N–H and O–H groups in total. The molecular formula is C50H36Br2O. The molecular weight excluding hydrogens is 776 g/mol. The summed E-state index contributed by atoms with van der Waals surface area (Å²) in [6.45, 7) is 0. The Morgan fingerprint density at radius 2 is 0.547 bits per heavy atom. The first kappa shape index (κ1) is 34.7. The van der Waals surface area contributed by atoms with Crippen molar-refractivity contribution in [1.29, 1.82) is 0 Å². The van der Waals surface area contributed by atoms with Crippen molar-refractivity contribution < 1.29 is 4.74 Å². The lowest BCUT2D eigenvalue weighted by molar-refractivity contribution is -0.0804. The van der Waals surface area contributed by atoms with Crippen LogP contribution in [-0.4, -0.2) is 0 Å². The maximum atomic E-state index is 8.50. The molecule has 0 aliphatic rings. The zero-order valence-electron chi connectivity index (χ0n) is 28.9. The van der Waals surface area contributed by atoms with E-state index in [4.69, 9.17) is 4.74 Å². The minimum Gasteiger partial charge on any atom is -0.340 e. The standard InChI is InChI=1S/C50H36Br2O/c51-43-33-29-37(30-34-43)45-25-13-15-27-47(45)49(39-17-5-1-6-18-39,40-19-7-2-8-20-40)53-50(41-21-9-3-10-22-41,42-23-11-4-12-24-42)48-28-16-14-26-46(48)38-31-35-44(52)36-32-38/h1-36H. The average Bonchev–Trinajstić information content (AvgIpc) is 3.24. The SMILES string of the molecule is Brc1ccc(-c2ccccc2C(OC(c2ccccc2)(c2ccccc2)c2ccccc2-c2ccc(Br)cc2)(c2ccccc2)c2ccccc2)cc1. The molecule has 0 bridgehead atoms. The van der Waals surface area contributed by atoms with Gasteiger partial charge in [0.1, 0.15) is 11.2 Å². The van der Waals surface area contributed by atoms with E-state index in [0.717, 1.165) is 64.6 Å². The van der Waals surface area contributed by atoms with Crippen molar-refractivity contribution in [2.45, 2.75) is 11.2 Å². The highest BCUT2D eigenvalue weighted by Gasteiger charge is 2.50. The molecule has 256 valence electrons. The van der Waals surface area contributed by atoms with Crippen LogP contribution in [-0.2, 0) is 15.9 Å². The minimum absolute atomic E-state index is 1.02. The molecule has 0 aliphatic carbocycles. The van der Waals surface area contributed by atoms with Gasteiger partial charge in [-0.15, -0.1) is 0 Å². The summed E-state index contributed by atoms with van der Waals surface area (Å²) < 4.78 is 10.6. The molecule has 0 fully saturated rings. The van der Waals surface area contributed by atoms with Gasteiger partial charge in [0.05, 0.1) is 0 Å². The number of hydrogen-bond donors (Lipinski definition) is 0. The number of ether oxygens (including phenoxy) is 1. The molecule has 0 heterocycles. The minimum atomic E-state index is -1.12. The summed E-state index contributed by atoms with van der Waals surface area (Å²) in [7, 11) is 0. The molecule has 0 amide bonds. The van der Waals surface area contributed by atoms with Crippen LogP contribution in [0, 0.1) is 0 Å². The van der Waals surface area contributed by atoms with Crippen molar-refractivity contribution in [2.24, 2.45) is 0 Å². The molecule has 1 nitrogen and oxygen atoms in total. The van der Waals surface area contributed by atoms with Crippen molar-refractivity contribution in [3.8, 4) is 22.3 Å². The van der Waals surface area contributed by atoms with Gasteiger partial charge in [-0.25, -0.2) is 0 Å². The fourth-order valence-corrected chi connectivity index (χ4v) is 8.09. The lowest BCUT2D eigenvalue weighted by atomic mass is 9.72. The molecule has 0 atom stereocenters. The predicted molar refractivity (Wildman–Crippen MR) is 226 cm³/mol. The Kier molecular flexibility index (Phi) is 10.1. The highest BCUT2D eigenvalue weighted by Crippen LogP contribution is 2.54. The number of halogens is 2. The van der Waals surface area contributed by atoms with Crippen molar-refractivity contribution in [2.75, 3.05) is 0 Å². The van der Waals surface area contributed by atoms with Gasteiger partial charge in [0.2, 0.25) is 0 Å². The highest BCUT2D eigenvalue weighted by atomic mass is 79.9. The largest absolute Gasteiger partial charge is 0.340 e. The van der Waals surface area contributed by atoms with E-state index in [1.165, 1.54) is 0 Å². The second-order valence-corrected chi connectivity index (χ2v) is 14.9. The Morgan fingerprint density at radius 1 is 0.283 bits per heavy atom. The van der Waals surface area contributed by atoms with E-state index in [0.29, 0.717) is 0 Å². The summed E-state index contributed by atoms with van der Waals surface area (Å²) in [5, 5.41) is 0. The second kappa shape index (κ2) is 15.3. The van der Waals surface area contributed by atoms with Gasteiger partial charge in [-0.1, -0.05) is 226 Å². The molecule has 0 aliphatic heterocycles. The summed E-state index contributed by atoms with van der Waals surface area (Å²) in [4.78, 5) is 0. The zero-order chi connectivity index (χ0) is 36.1. The molecule has 3 heteroatoms. The zero-order valence-corrected chi connectivity index (χ0v) is 32.1. The van der Waals surface area contributed by atoms with Gasteiger partial charge in [-0.3, -0.25) is 0 Å². The van der Waals surface area contributed by atoms with Crippen molar-refractivity contribution in [3.05, 3.63) is 261 Å². The van der Waals surface area contributed by atoms with Gasteiger partial charge < -0.3 is 4.74 Å². The Labute approximate surface area is 328 Å². The molecule has 0 spiro atoms. The van der Waals surface area contributed by atoms with E-state index < -0.39 is 11.2 Å². The van der Waals surface area contributed by atoms with E-state index in [-0.39, 0.29) is 0 Å². The second-order valence-electron chi connectivity index (χ2n) is 13.0. The fourth-order valence-electron chi connectivity index (χ4n) is 7.56. The lowest BCUT2D eigenvalue weighted by Gasteiger charge is -2.47. The number of benzene rings is 8. The van der Waals surface area contributed by atoms with Gasteiger partial charge in [0.15, 0.2) is 0 Å². The van der Waals surface area contributed by atoms with Crippen LogP contribution < -0.4 is 0 Å². The van der Waals surface area contributed by atoms with Crippen molar-refractivity contribution >= 4 is 31.9 Å². The highest BCUT2D eigenvalue weighted by molar-refractivity contribution is 9.10. The molecule has 8 aromatic carbocycles. The topological polar surface area (TPSA) is 9.23 Å². The van der Waals surface area contributed by atoms with Crippen molar-refractivity contribution in [3.63, 3.8) is 0 Å². The smallest absolute Gasteiger partial charge is 0.146 e. The number of rotatable bonds is 10. The van der Waals surface area contributed by atoms with Gasteiger partial charge in [-0.05, 0) is 68.8 Å². The average molecular weight is 813 g/mol. The summed E-state index contributed by atoms with van der Waals surface area (Å²) in [5.41, 5.74) is 8.30. The molecule has 0 saturated heterocycles. The van der Waals surface area contributed by atoms with E-state index in [1.54, 1.807) is 0 Å². The van der Waals surface area contributed by atoms with Crippen LogP contribution in [0.3, 0.4) is 0 Å². The Morgan fingerprint density at radius 3 is 0.849 bits per heavy atom. The monoisotopic (exact) mass is 810 g/mol. The molecule has 0 aromatic heterocycles. The third kappa shape index (κ3) is 6.62. The van der Waals surface area contributed by atoms with Gasteiger partial charge >= 0.3 is 0 Å². The van der Waals surface area contributed by atoms with Crippen LogP contribution in [0.2, 0.25) is 0 Å². The van der Waals surface area contributed by atoms with Crippen LogP contribution in [0.15, 0.2) is 227 Å². The quantitative estimate of drug-likeness (QED) is 0.125. The van der Waals surface area contributed by atoms with Crippen LogP contribution in [0.25, 0.3) is 22.3 Å². The summed E-state index contributed by atoms with van der Waals surface area (Å²) >= 11 is 7.34. The number of hydrogen-bond acceptors (Lipinski definition) is 1. The first-order chi connectivity index (χ1) is 26.1. The third-order valence-corrected chi connectivity index (χ3v) is 11.0. The summed E-state index contributed by atoms with van der Waals surface area (Å²) in [6.07, 6.45) is 0. The first-order valence-electron chi connectivity index (χ1n) is 17.7. The molecule has 0 saturated carbocycles. The van der Waals surface area contributed by atoms with Crippen LogP contribution in [0.1, 0.15) is 33.4 Å². The summed E-state index contributed by atoms with van der Waals surface area (Å²) in [6, 6.07) is 77.3. The lowest BCUT2D eigenvalue weighted by Crippen LogP contribution is -2.45. The van der Waals surface area contributed by atoms with E-state index in [1.807, 2.05) is 0 Å². The molecule has 0 radical (unpaired) electrons. The molecule has 53 heavy (non-hydrogen) atoms. The van der Waals surface area contributed by atoms with E-state index >= 15 is 0 Å². The maximum absolute atomic E-state index is 8.50. The Balaban J connectivity index is 1.55. The Hall–Kier alpha value is -5.32. The Bertz CT molecular complexity index is 2160. The van der Waals surface area contributed by atoms with Gasteiger partial charge in [0, 0.05) is 20.1 Å². The van der Waals surface area contributed by atoms with Crippen molar-refractivity contribution in [1.82, 2.24) is 0 Å². The van der Waals surface area contributed by atoms with Gasteiger partial charge in [-0.2, -0.15) is 0 Å². The third-order valence-electron chi connectivity index (χ3n) is 9.95. The molecule has 0 unspecified atom stereocenters. The van der Waals surface area contributed by atoms with E-state index in [2.05, 4.69) is 250 Å². The summed E-state index contributed by atoms with van der Waals surface area (Å²) in [5.74, 6) is 0. The van der Waals surface area contributed by atoms with Crippen LogP contribution >= 0.6 is 31.9 Å². The van der Waals surface area contributed by atoms with Crippen LogP contribution in [0.4, 0.5) is 0 Å². The van der Waals surface area contributed by atoms with Gasteiger partial charge in [0.25, 0.3) is 0 Å². The maximum Gasteiger partial charge on any atom is 0.146 e. The fraction of sp³-hybridized carbons (Fsp3) is 0.0400. The van der Waals surface area contributed by atoms with Crippen LogP contribution in [0.5, 0.6) is 0 Å². The normalized spacial score (nSPS) is 11.7. The first-order valence-corrected chi connectivity index (χ1v) is 19.3.